The summed E-state index contributed by atoms with van der Waals surface area (Å²) in [6, 6.07) is 15.0. The van der Waals surface area contributed by atoms with E-state index in [0.29, 0.717) is 0 Å². The van der Waals surface area contributed by atoms with Gasteiger partial charge in [0.2, 0.25) is 5.91 Å². The molecule has 1 aliphatic carbocycles. The average Bonchev–Trinajstić information content (AvgIpc) is 2.96. The molecule has 0 spiro atoms. The zero-order valence-corrected chi connectivity index (χ0v) is 12.1. The van der Waals surface area contributed by atoms with Crippen molar-refractivity contribution in [3.05, 3.63) is 53.6 Å². The fraction of sp³-hybridized carbons (Fsp3) is 0.211. The fourth-order valence-corrected chi connectivity index (χ4v) is 3.59. The molecule has 2 nitrogen and oxygen atoms in total. The highest BCUT2D eigenvalue weighted by Gasteiger charge is 2.19. The molecule has 3 aromatic carbocycles. The number of anilines is 1. The summed E-state index contributed by atoms with van der Waals surface area (Å²) in [6.45, 7) is 1.58. The molecule has 21 heavy (non-hydrogen) atoms. The van der Waals surface area contributed by atoms with Gasteiger partial charge in [-0.25, -0.2) is 0 Å². The Morgan fingerprint density at radius 2 is 1.76 bits per heavy atom. The van der Waals surface area contributed by atoms with Crippen molar-refractivity contribution in [1.82, 2.24) is 0 Å². The van der Waals surface area contributed by atoms with Crippen LogP contribution in [0, 0.1) is 0 Å². The van der Waals surface area contributed by atoms with Gasteiger partial charge in [-0.3, -0.25) is 4.79 Å². The Labute approximate surface area is 123 Å². The Morgan fingerprint density at radius 1 is 0.952 bits per heavy atom. The lowest BCUT2D eigenvalue weighted by molar-refractivity contribution is -0.114. The molecule has 0 aliphatic heterocycles. The molecular weight excluding hydrogens is 258 g/mol. The van der Waals surface area contributed by atoms with Gasteiger partial charge in [-0.05, 0) is 58.0 Å². The van der Waals surface area contributed by atoms with Crippen LogP contribution in [0.4, 0.5) is 5.69 Å². The number of fused-ring (bicyclic) bond motifs is 5. The Hall–Kier alpha value is -2.35. The third kappa shape index (κ3) is 1.90. The number of nitrogens with one attached hydrogen (secondary N) is 1. The number of amides is 1. The molecule has 1 aliphatic rings. The minimum Gasteiger partial charge on any atom is -0.326 e. The van der Waals surface area contributed by atoms with Crippen LogP contribution in [0.3, 0.4) is 0 Å². The smallest absolute Gasteiger partial charge is 0.221 e. The Kier molecular flexibility index (Phi) is 2.71. The van der Waals surface area contributed by atoms with Crippen molar-refractivity contribution in [2.24, 2.45) is 0 Å². The number of carbonyl (C=O) groups excluding carboxylic acids is 1. The zero-order valence-electron chi connectivity index (χ0n) is 12.1. The standard InChI is InChI=1S/C19H17NO/c1-12(21)20-19-11-18-14-6-3-2-5-13(14)9-10-16(18)15-7-4-8-17(15)19/h2-3,5-6,9-11H,4,7-8H2,1H3,(H,20,21). The van der Waals surface area contributed by atoms with Gasteiger partial charge in [-0.2, -0.15) is 0 Å². The van der Waals surface area contributed by atoms with E-state index in [2.05, 4.69) is 47.8 Å². The van der Waals surface area contributed by atoms with Gasteiger partial charge in [-0.1, -0.05) is 36.4 Å². The number of aryl methyl sites for hydroxylation is 1. The van der Waals surface area contributed by atoms with Crippen molar-refractivity contribution in [3.63, 3.8) is 0 Å². The molecule has 0 saturated carbocycles. The molecule has 104 valence electrons. The molecule has 0 radical (unpaired) electrons. The maximum Gasteiger partial charge on any atom is 0.221 e. The Morgan fingerprint density at radius 3 is 2.62 bits per heavy atom. The van der Waals surface area contributed by atoms with Crippen molar-refractivity contribution in [2.75, 3.05) is 5.32 Å². The van der Waals surface area contributed by atoms with Gasteiger partial charge in [0, 0.05) is 12.6 Å². The molecule has 0 heterocycles. The normalized spacial score (nSPS) is 13.6. The molecule has 0 saturated heterocycles. The minimum absolute atomic E-state index is 0.00341. The van der Waals surface area contributed by atoms with Crippen LogP contribution < -0.4 is 5.32 Å². The maximum absolute atomic E-state index is 11.5. The summed E-state index contributed by atoms with van der Waals surface area (Å²) in [6.07, 6.45) is 3.35. The Balaban J connectivity index is 2.11. The van der Waals surface area contributed by atoms with Gasteiger partial charge in [-0.15, -0.1) is 0 Å². The number of carbonyl (C=O) groups is 1. The molecule has 2 heteroatoms. The highest BCUT2D eigenvalue weighted by molar-refractivity contribution is 6.11. The van der Waals surface area contributed by atoms with Crippen molar-refractivity contribution >= 4 is 33.1 Å². The summed E-state index contributed by atoms with van der Waals surface area (Å²) in [7, 11) is 0. The van der Waals surface area contributed by atoms with Crippen LogP contribution in [-0.2, 0) is 17.6 Å². The third-order valence-corrected chi connectivity index (χ3v) is 4.44. The van der Waals surface area contributed by atoms with Crippen molar-refractivity contribution in [3.8, 4) is 0 Å². The van der Waals surface area contributed by atoms with Gasteiger partial charge in [0.05, 0.1) is 0 Å². The van der Waals surface area contributed by atoms with Crippen LogP contribution in [0.5, 0.6) is 0 Å². The highest BCUT2D eigenvalue weighted by atomic mass is 16.1. The molecule has 1 N–H and O–H groups in total. The predicted molar refractivity (Wildman–Crippen MR) is 87.8 cm³/mol. The lowest BCUT2D eigenvalue weighted by Crippen LogP contribution is -2.08. The summed E-state index contributed by atoms with van der Waals surface area (Å²) in [5, 5.41) is 8.12. The molecule has 3 aromatic rings. The predicted octanol–water partition coefficient (Wildman–Crippen LogP) is 4.44. The summed E-state index contributed by atoms with van der Waals surface area (Å²) in [4.78, 5) is 11.5. The van der Waals surface area contributed by atoms with E-state index in [-0.39, 0.29) is 5.91 Å². The topological polar surface area (TPSA) is 29.1 Å². The van der Waals surface area contributed by atoms with Crippen LogP contribution >= 0.6 is 0 Å². The van der Waals surface area contributed by atoms with Crippen molar-refractivity contribution in [1.29, 1.82) is 0 Å². The molecule has 0 fully saturated rings. The fourth-order valence-electron chi connectivity index (χ4n) is 3.59. The van der Waals surface area contributed by atoms with Gasteiger partial charge in [0.15, 0.2) is 0 Å². The van der Waals surface area contributed by atoms with E-state index >= 15 is 0 Å². The second-order valence-electron chi connectivity index (χ2n) is 5.80. The largest absolute Gasteiger partial charge is 0.326 e. The third-order valence-electron chi connectivity index (χ3n) is 4.44. The average molecular weight is 275 g/mol. The van der Waals surface area contributed by atoms with E-state index in [0.717, 1.165) is 18.5 Å². The Bertz CT molecular complexity index is 879. The van der Waals surface area contributed by atoms with E-state index in [1.165, 1.54) is 39.1 Å². The van der Waals surface area contributed by atoms with E-state index in [9.17, 15) is 4.79 Å². The number of rotatable bonds is 1. The molecule has 1 amide bonds. The summed E-state index contributed by atoms with van der Waals surface area (Å²) >= 11 is 0. The number of hydrogen-bond acceptors (Lipinski definition) is 1. The second kappa shape index (κ2) is 4.59. The van der Waals surface area contributed by atoms with Crippen molar-refractivity contribution in [2.45, 2.75) is 26.2 Å². The van der Waals surface area contributed by atoms with Crippen LogP contribution in [0.1, 0.15) is 24.5 Å². The summed E-state index contributed by atoms with van der Waals surface area (Å²) in [5.74, 6) is 0.00341. The monoisotopic (exact) mass is 275 g/mol. The van der Waals surface area contributed by atoms with E-state index in [1.807, 2.05) is 0 Å². The summed E-state index contributed by atoms with van der Waals surface area (Å²) in [5.41, 5.74) is 3.74. The first-order valence-corrected chi connectivity index (χ1v) is 7.48. The van der Waals surface area contributed by atoms with Gasteiger partial charge >= 0.3 is 0 Å². The summed E-state index contributed by atoms with van der Waals surface area (Å²) < 4.78 is 0. The molecule has 0 aromatic heterocycles. The highest BCUT2D eigenvalue weighted by Crippen LogP contribution is 2.38. The first-order chi connectivity index (χ1) is 10.2. The van der Waals surface area contributed by atoms with E-state index in [1.54, 1.807) is 6.92 Å². The lowest BCUT2D eigenvalue weighted by Gasteiger charge is -2.14. The zero-order chi connectivity index (χ0) is 14.4. The van der Waals surface area contributed by atoms with E-state index in [4.69, 9.17) is 0 Å². The van der Waals surface area contributed by atoms with Gasteiger partial charge in [0.25, 0.3) is 0 Å². The molecule has 0 unspecified atom stereocenters. The molecule has 0 bridgehead atoms. The quantitative estimate of drug-likeness (QED) is 0.653. The number of benzene rings is 3. The SMILES string of the molecule is CC(=O)Nc1cc2c(ccc3ccccc32)c2c1CCC2. The minimum atomic E-state index is 0.00341. The van der Waals surface area contributed by atoms with Crippen LogP contribution in [-0.4, -0.2) is 5.91 Å². The number of hydrogen-bond donors (Lipinski definition) is 1. The van der Waals surface area contributed by atoms with Crippen LogP contribution in [0.2, 0.25) is 0 Å². The van der Waals surface area contributed by atoms with E-state index < -0.39 is 0 Å². The van der Waals surface area contributed by atoms with Gasteiger partial charge < -0.3 is 5.32 Å². The molecule has 4 rings (SSSR count). The van der Waals surface area contributed by atoms with Crippen molar-refractivity contribution < 1.29 is 4.79 Å². The molecular formula is C19H17NO. The van der Waals surface area contributed by atoms with Crippen LogP contribution in [0.25, 0.3) is 21.5 Å². The second-order valence-corrected chi connectivity index (χ2v) is 5.80. The maximum atomic E-state index is 11.5. The first-order valence-electron chi connectivity index (χ1n) is 7.48. The van der Waals surface area contributed by atoms with Crippen LogP contribution in [0.15, 0.2) is 42.5 Å². The lowest BCUT2D eigenvalue weighted by atomic mass is 9.95. The molecule has 0 atom stereocenters. The van der Waals surface area contributed by atoms with Gasteiger partial charge in [0.1, 0.15) is 0 Å². The first kappa shape index (κ1) is 12.4.